The van der Waals surface area contributed by atoms with Gasteiger partial charge in [0.2, 0.25) is 6.29 Å². The van der Waals surface area contributed by atoms with E-state index < -0.39 is 6.29 Å². The zero-order chi connectivity index (χ0) is 12.7. The maximum atomic E-state index is 10.1. The van der Waals surface area contributed by atoms with Crippen LogP contribution in [0.5, 0.6) is 5.75 Å². The molecular weight excluding hydrogens is 228 g/mol. The molecule has 4 heteroatoms. The van der Waals surface area contributed by atoms with Crippen LogP contribution >= 0.6 is 0 Å². The predicted octanol–water partition coefficient (Wildman–Crippen LogP) is 2.81. The van der Waals surface area contributed by atoms with Crippen LogP contribution in [0.4, 0.5) is 5.82 Å². The van der Waals surface area contributed by atoms with Gasteiger partial charge in [0.15, 0.2) is 0 Å². The van der Waals surface area contributed by atoms with Gasteiger partial charge < -0.3 is 20.1 Å². The molecule has 0 saturated heterocycles. The molecule has 2 heterocycles. The van der Waals surface area contributed by atoms with E-state index in [0.717, 1.165) is 34.7 Å². The Morgan fingerprint density at radius 3 is 2.94 bits per heavy atom. The first kappa shape index (κ1) is 11.2. The lowest BCUT2D eigenvalue weighted by atomic mass is 10.0. The van der Waals surface area contributed by atoms with E-state index in [4.69, 9.17) is 4.74 Å². The lowest BCUT2D eigenvalue weighted by Crippen LogP contribution is -2.13. The number of anilines is 1. The molecule has 0 spiro atoms. The quantitative estimate of drug-likeness (QED) is 0.761. The zero-order valence-corrected chi connectivity index (χ0v) is 10.4. The van der Waals surface area contributed by atoms with E-state index in [1.807, 2.05) is 38.1 Å². The molecule has 0 amide bonds. The number of aliphatic hydroxyl groups is 1. The molecule has 4 nitrogen and oxygen atoms in total. The summed E-state index contributed by atoms with van der Waals surface area (Å²) in [5, 5.41) is 13.4. The summed E-state index contributed by atoms with van der Waals surface area (Å²) in [6.07, 6.45) is -0.904. The average molecular weight is 244 g/mol. The number of rotatable bonds is 2. The summed E-state index contributed by atoms with van der Waals surface area (Å²) in [7, 11) is 0. The van der Waals surface area contributed by atoms with Crippen molar-refractivity contribution in [1.82, 2.24) is 4.98 Å². The fourth-order valence-corrected chi connectivity index (χ4v) is 2.44. The van der Waals surface area contributed by atoms with Crippen LogP contribution in [-0.4, -0.2) is 16.6 Å². The largest absolute Gasteiger partial charge is 0.460 e. The second-order valence-electron chi connectivity index (χ2n) is 4.41. The predicted molar refractivity (Wildman–Crippen MR) is 70.7 cm³/mol. The number of hydrogen-bond acceptors (Lipinski definition) is 3. The number of aliphatic hydroxyl groups excluding tert-OH is 1. The van der Waals surface area contributed by atoms with E-state index in [0.29, 0.717) is 5.75 Å². The molecule has 0 bridgehead atoms. The number of aromatic amines is 1. The molecule has 1 aliphatic rings. The summed E-state index contributed by atoms with van der Waals surface area (Å²) in [6, 6.07) is 7.72. The summed E-state index contributed by atoms with van der Waals surface area (Å²) in [5.41, 5.74) is 3.77. The molecule has 1 unspecified atom stereocenters. The Morgan fingerprint density at radius 1 is 1.39 bits per heavy atom. The number of hydrogen-bond donors (Lipinski definition) is 3. The number of ether oxygens (including phenoxy) is 1. The van der Waals surface area contributed by atoms with Crippen LogP contribution in [0, 0.1) is 6.92 Å². The number of para-hydroxylation sites is 1. The molecule has 0 saturated carbocycles. The first-order valence-electron chi connectivity index (χ1n) is 6.12. The van der Waals surface area contributed by atoms with Gasteiger partial charge in [0.25, 0.3) is 0 Å². The van der Waals surface area contributed by atoms with Crippen LogP contribution in [0.25, 0.3) is 11.3 Å². The highest BCUT2D eigenvalue weighted by atomic mass is 16.6. The molecule has 0 fully saturated rings. The summed E-state index contributed by atoms with van der Waals surface area (Å²) in [5.74, 6) is 1.66. The van der Waals surface area contributed by atoms with Gasteiger partial charge in [0, 0.05) is 17.7 Å². The summed E-state index contributed by atoms with van der Waals surface area (Å²) in [4.78, 5) is 3.34. The Bertz CT molecular complexity index is 589. The minimum Gasteiger partial charge on any atom is -0.460 e. The fourth-order valence-electron chi connectivity index (χ4n) is 2.44. The van der Waals surface area contributed by atoms with E-state index in [9.17, 15) is 5.11 Å². The molecule has 1 aromatic carbocycles. The number of H-pyrrole nitrogens is 1. The molecule has 1 aromatic heterocycles. The van der Waals surface area contributed by atoms with Crippen molar-refractivity contribution in [2.45, 2.75) is 20.1 Å². The molecular formula is C14H16N2O2. The van der Waals surface area contributed by atoms with Crippen LogP contribution < -0.4 is 10.1 Å². The smallest absolute Gasteiger partial charge is 0.226 e. The number of benzene rings is 1. The average Bonchev–Trinajstić information content (AvgIpc) is 2.69. The standard InChI is InChI=1S/C14H16N2O2/c1-3-15-13-8(2)11-12(16-13)9-6-4-5-7-10(9)18-14(11)17/h4-7,14-17H,3H2,1-2H3. The number of aromatic nitrogens is 1. The van der Waals surface area contributed by atoms with E-state index in [2.05, 4.69) is 10.3 Å². The van der Waals surface area contributed by atoms with Crippen molar-refractivity contribution in [2.24, 2.45) is 0 Å². The van der Waals surface area contributed by atoms with Gasteiger partial charge in [-0.25, -0.2) is 0 Å². The van der Waals surface area contributed by atoms with E-state index >= 15 is 0 Å². The Morgan fingerprint density at radius 2 is 2.17 bits per heavy atom. The van der Waals surface area contributed by atoms with Gasteiger partial charge in [0.05, 0.1) is 11.3 Å². The maximum absolute atomic E-state index is 10.1. The second-order valence-corrected chi connectivity index (χ2v) is 4.41. The van der Waals surface area contributed by atoms with Crippen LogP contribution in [0.2, 0.25) is 0 Å². The summed E-state index contributed by atoms with van der Waals surface area (Å²) < 4.78 is 5.54. The number of nitrogens with one attached hydrogen (secondary N) is 2. The monoisotopic (exact) mass is 244 g/mol. The van der Waals surface area contributed by atoms with Gasteiger partial charge in [-0.05, 0) is 26.0 Å². The minimum atomic E-state index is -0.904. The Kier molecular flexibility index (Phi) is 2.52. The SMILES string of the molecule is CCNc1[nH]c2c(c1C)C(O)Oc1ccccc1-2. The van der Waals surface area contributed by atoms with Crippen LogP contribution in [0.15, 0.2) is 24.3 Å². The normalized spacial score (nSPS) is 16.7. The molecule has 1 atom stereocenters. The fraction of sp³-hybridized carbons (Fsp3) is 0.286. The van der Waals surface area contributed by atoms with Crippen LogP contribution in [0.3, 0.4) is 0 Å². The van der Waals surface area contributed by atoms with E-state index in [1.165, 1.54) is 0 Å². The van der Waals surface area contributed by atoms with Crippen LogP contribution in [-0.2, 0) is 0 Å². The van der Waals surface area contributed by atoms with Crippen molar-refractivity contribution in [3.8, 4) is 17.0 Å². The van der Waals surface area contributed by atoms with Gasteiger partial charge >= 0.3 is 0 Å². The van der Waals surface area contributed by atoms with Crippen molar-refractivity contribution in [3.63, 3.8) is 0 Å². The molecule has 0 aliphatic carbocycles. The molecule has 94 valence electrons. The summed E-state index contributed by atoms with van der Waals surface area (Å²) >= 11 is 0. The number of fused-ring (bicyclic) bond motifs is 3. The molecule has 0 radical (unpaired) electrons. The van der Waals surface area contributed by atoms with Gasteiger partial charge in [-0.1, -0.05) is 12.1 Å². The van der Waals surface area contributed by atoms with Crippen LogP contribution in [0.1, 0.15) is 24.3 Å². The topological polar surface area (TPSA) is 57.3 Å². The van der Waals surface area contributed by atoms with Crippen molar-refractivity contribution in [2.75, 3.05) is 11.9 Å². The highest BCUT2D eigenvalue weighted by molar-refractivity contribution is 5.77. The first-order chi connectivity index (χ1) is 8.72. The zero-order valence-electron chi connectivity index (χ0n) is 10.4. The van der Waals surface area contributed by atoms with Crippen molar-refractivity contribution < 1.29 is 9.84 Å². The van der Waals surface area contributed by atoms with Gasteiger partial charge in [-0.2, -0.15) is 0 Å². The second kappa shape index (κ2) is 4.07. The van der Waals surface area contributed by atoms with Crippen molar-refractivity contribution in [1.29, 1.82) is 0 Å². The maximum Gasteiger partial charge on any atom is 0.226 e. The molecule has 2 aromatic rings. The Labute approximate surface area is 106 Å². The van der Waals surface area contributed by atoms with Crippen molar-refractivity contribution >= 4 is 5.82 Å². The third-order valence-electron chi connectivity index (χ3n) is 3.29. The molecule has 18 heavy (non-hydrogen) atoms. The van der Waals surface area contributed by atoms with Gasteiger partial charge in [-0.3, -0.25) is 0 Å². The van der Waals surface area contributed by atoms with E-state index in [1.54, 1.807) is 0 Å². The van der Waals surface area contributed by atoms with Gasteiger partial charge in [0.1, 0.15) is 11.6 Å². The van der Waals surface area contributed by atoms with E-state index in [-0.39, 0.29) is 0 Å². The molecule has 3 N–H and O–H groups in total. The first-order valence-corrected chi connectivity index (χ1v) is 6.12. The Hall–Kier alpha value is -1.94. The lowest BCUT2D eigenvalue weighted by Gasteiger charge is -2.22. The third-order valence-corrected chi connectivity index (χ3v) is 3.29. The summed E-state index contributed by atoms with van der Waals surface area (Å²) in [6.45, 7) is 4.85. The lowest BCUT2D eigenvalue weighted by molar-refractivity contribution is -0.0216. The highest BCUT2D eigenvalue weighted by Crippen LogP contribution is 2.44. The molecule has 3 rings (SSSR count). The molecule has 1 aliphatic heterocycles. The minimum absolute atomic E-state index is 0.710. The Balaban J connectivity index is 2.21. The highest BCUT2D eigenvalue weighted by Gasteiger charge is 2.29. The van der Waals surface area contributed by atoms with Gasteiger partial charge in [-0.15, -0.1) is 0 Å². The van der Waals surface area contributed by atoms with Crippen molar-refractivity contribution in [3.05, 3.63) is 35.4 Å². The third kappa shape index (κ3) is 1.49.